The number of carboxylic acids is 1. The first-order chi connectivity index (χ1) is 5.57. The lowest BCUT2D eigenvalue weighted by Crippen LogP contribution is -2.01. The van der Waals surface area contributed by atoms with Gasteiger partial charge in [-0.2, -0.15) is 0 Å². The summed E-state index contributed by atoms with van der Waals surface area (Å²) >= 11 is 0. The van der Waals surface area contributed by atoms with Gasteiger partial charge in [0.2, 0.25) is 0 Å². The Balaban J connectivity index is 3.67. The third-order valence-electron chi connectivity index (χ3n) is 2.14. The minimum Gasteiger partial charge on any atom is -0.478 e. The van der Waals surface area contributed by atoms with Gasteiger partial charge < -0.3 is 5.11 Å². The van der Waals surface area contributed by atoms with Crippen molar-refractivity contribution in [2.75, 3.05) is 0 Å². The van der Waals surface area contributed by atoms with Crippen LogP contribution in [0.5, 0.6) is 0 Å². The van der Waals surface area contributed by atoms with Gasteiger partial charge in [0.1, 0.15) is 0 Å². The maximum absolute atomic E-state index is 10.4. The molecule has 0 amide bonds. The molecule has 0 aliphatic rings. The molecule has 0 aromatic carbocycles. The lowest BCUT2D eigenvalue weighted by atomic mass is 10.2. The Hall–Kier alpha value is -0.573. The second-order valence-corrected chi connectivity index (χ2v) is 4.85. The zero-order valence-electron chi connectivity index (χ0n) is 8.13. The van der Waals surface area contributed by atoms with Crippen molar-refractivity contribution in [2.24, 2.45) is 5.92 Å². The predicted molar refractivity (Wildman–Crippen MR) is 54.2 cm³/mol. The average Bonchev–Trinajstić information content (AvgIpc) is 2.03. The SMILES string of the molecule is CCC(C)C[SiH2]C=C(C)C(=O)O. The smallest absolute Gasteiger partial charge is 0.330 e. The molecule has 0 rings (SSSR count). The Kier molecular flexibility index (Phi) is 5.71. The third kappa shape index (κ3) is 5.13. The van der Waals surface area contributed by atoms with E-state index in [4.69, 9.17) is 5.11 Å². The van der Waals surface area contributed by atoms with Crippen molar-refractivity contribution < 1.29 is 9.90 Å². The summed E-state index contributed by atoms with van der Waals surface area (Å²) in [5.74, 6) is -0.0128. The molecular formula is C9H18O2Si. The molecule has 0 aliphatic heterocycles. The Labute approximate surface area is 76.5 Å². The molecule has 70 valence electrons. The molecular weight excluding hydrogens is 168 g/mol. The van der Waals surface area contributed by atoms with E-state index < -0.39 is 5.97 Å². The van der Waals surface area contributed by atoms with Gasteiger partial charge in [0.15, 0.2) is 0 Å². The van der Waals surface area contributed by atoms with Crippen LogP contribution >= 0.6 is 0 Å². The molecule has 1 atom stereocenters. The number of rotatable bonds is 5. The molecule has 3 heteroatoms. The van der Waals surface area contributed by atoms with Crippen molar-refractivity contribution in [1.82, 2.24) is 0 Å². The van der Waals surface area contributed by atoms with Gasteiger partial charge in [-0.1, -0.05) is 32.0 Å². The monoisotopic (exact) mass is 186 g/mol. The largest absolute Gasteiger partial charge is 0.478 e. The minimum absolute atomic E-state index is 0.280. The Morgan fingerprint density at radius 2 is 2.25 bits per heavy atom. The number of hydrogen-bond donors (Lipinski definition) is 1. The summed E-state index contributed by atoms with van der Waals surface area (Å²) < 4.78 is 0. The Morgan fingerprint density at radius 1 is 1.67 bits per heavy atom. The van der Waals surface area contributed by atoms with E-state index in [-0.39, 0.29) is 9.52 Å². The zero-order valence-corrected chi connectivity index (χ0v) is 9.55. The van der Waals surface area contributed by atoms with Gasteiger partial charge in [-0.15, -0.1) is 0 Å². The zero-order chi connectivity index (χ0) is 9.56. The van der Waals surface area contributed by atoms with Crippen molar-refractivity contribution in [3.05, 3.63) is 11.3 Å². The molecule has 2 nitrogen and oxygen atoms in total. The van der Waals surface area contributed by atoms with Crippen LogP contribution in [0.4, 0.5) is 0 Å². The molecule has 0 spiro atoms. The Morgan fingerprint density at radius 3 is 2.67 bits per heavy atom. The van der Waals surface area contributed by atoms with E-state index in [1.807, 2.05) is 5.70 Å². The summed E-state index contributed by atoms with van der Waals surface area (Å²) in [6, 6.07) is 1.22. The highest BCUT2D eigenvalue weighted by Gasteiger charge is 2.00. The van der Waals surface area contributed by atoms with Crippen molar-refractivity contribution >= 4 is 15.5 Å². The third-order valence-corrected chi connectivity index (χ3v) is 4.36. The second-order valence-electron chi connectivity index (χ2n) is 3.28. The van der Waals surface area contributed by atoms with E-state index in [1.54, 1.807) is 6.92 Å². The highest BCUT2D eigenvalue weighted by Crippen LogP contribution is 2.06. The van der Waals surface area contributed by atoms with Crippen LogP contribution in [0.15, 0.2) is 11.3 Å². The van der Waals surface area contributed by atoms with Crippen molar-refractivity contribution in [2.45, 2.75) is 33.2 Å². The number of aliphatic carboxylic acids is 1. The van der Waals surface area contributed by atoms with E-state index in [0.29, 0.717) is 5.57 Å². The Bertz CT molecular complexity index is 175. The predicted octanol–water partition coefficient (Wildman–Crippen LogP) is 1.61. The van der Waals surface area contributed by atoms with Gasteiger partial charge in [0.25, 0.3) is 0 Å². The summed E-state index contributed by atoms with van der Waals surface area (Å²) in [6.45, 7) is 6.07. The van der Waals surface area contributed by atoms with Gasteiger partial charge in [0.05, 0.1) is 0 Å². The molecule has 0 saturated carbocycles. The summed E-state index contributed by atoms with van der Waals surface area (Å²) in [7, 11) is -0.280. The first kappa shape index (κ1) is 11.4. The molecule has 0 bridgehead atoms. The van der Waals surface area contributed by atoms with E-state index >= 15 is 0 Å². The normalized spacial score (nSPS) is 15.4. The molecule has 0 aromatic heterocycles. The van der Waals surface area contributed by atoms with Crippen LogP contribution in [0.3, 0.4) is 0 Å². The van der Waals surface area contributed by atoms with Gasteiger partial charge >= 0.3 is 5.97 Å². The van der Waals surface area contributed by atoms with E-state index in [1.165, 1.54) is 12.5 Å². The van der Waals surface area contributed by atoms with Gasteiger partial charge in [-0.05, 0) is 12.8 Å². The van der Waals surface area contributed by atoms with Gasteiger partial charge in [0, 0.05) is 15.1 Å². The fraction of sp³-hybridized carbons (Fsp3) is 0.667. The van der Waals surface area contributed by atoms with E-state index in [2.05, 4.69) is 13.8 Å². The lowest BCUT2D eigenvalue weighted by Gasteiger charge is -2.04. The summed E-state index contributed by atoms with van der Waals surface area (Å²) in [5.41, 5.74) is 2.46. The molecule has 0 radical (unpaired) electrons. The van der Waals surface area contributed by atoms with E-state index in [9.17, 15) is 4.79 Å². The maximum Gasteiger partial charge on any atom is 0.330 e. The molecule has 0 aliphatic carbocycles. The van der Waals surface area contributed by atoms with Crippen LogP contribution in [-0.2, 0) is 4.79 Å². The number of carboxylic acid groups (broad SMARTS) is 1. The average molecular weight is 186 g/mol. The lowest BCUT2D eigenvalue weighted by molar-refractivity contribution is -0.132. The fourth-order valence-electron chi connectivity index (χ4n) is 0.876. The molecule has 1 N–H and O–H groups in total. The van der Waals surface area contributed by atoms with Crippen molar-refractivity contribution in [3.8, 4) is 0 Å². The second kappa shape index (κ2) is 6.00. The van der Waals surface area contributed by atoms with Crippen molar-refractivity contribution in [1.29, 1.82) is 0 Å². The highest BCUT2D eigenvalue weighted by atomic mass is 28.2. The summed E-state index contributed by atoms with van der Waals surface area (Å²) in [5, 5.41) is 8.56. The van der Waals surface area contributed by atoms with Gasteiger partial charge in [-0.25, -0.2) is 4.79 Å². The van der Waals surface area contributed by atoms with E-state index in [0.717, 1.165) is 5.92 Å². The van der Waals surface area contributed by atoms with Crippen LogP contribution in [0.2, 0.25) is 6.04 Å². The molecule has 0 aromatic rings. The quantitative estimate of drug-likeness (QED) is 0.523. The number of hydrogen-bond acceptors (Lipinski definition) is 1. The molecule has 0 heterocycles. The van der Waals surface area contributed by atoms with Crippen LogP contribution in [0.25, 0.3) is 0 Å². The molecule has 0 fully saturated rings. The topological polar surface area (TPSA) is 37.3 Å². The van der Waals surface area contributed by atoms with Crippen LogP contribution in [-0.4, -0.2) is 20.6 Å². The fourth-order valence-corrected chi connectivity index (χ4v) is 2.63. The maximum atomic E-state index is 10.4. The van der Waals surface area contributed by atoms with Crippen LogP contribution < -0.4 is 0 Å². The first-order valence-electron chi connectivity index (χ1n) is 4.48. The highest BCUT2D eigenvalue weighted by molar-refractivity contribution is 6.43. The number of carbonyl (C=O) groups is 1. The standard InChI is InChI=1S/C9H18O2Si/c1-4-7(2)5-12-6-8(3)9(10)11/h6-7H,4-5,12H2,1-3H3,(H,10,11). The van der Waals surface area contributed by atoms with Gasteiger partial charge in [-0.3, -0.25) is 0 Å². The summed E-state index contributed by atoms with van der Waals surface area (Å²) in [4.78, 5) is 10.4. The first-order valence-corrected chi connectivity index (χ1v) is 6.29. The van der Waals surface area contributed by atoms with Crippen molar-refractivity contribution in [3.63, 3.8) is 0 Å². The molecule has 1 unspecified atom stereocenters. The summed E-state index contributed by atoms with van der Waals surface area (Å²) in [6.07, 6.45) is 1.20. The molecule has 12 heavy (non-hydrogen) atoms. The minimum atomic E-state index is -0.772. The molecule has 0 saturated heterocycles. The van der Waals surface area contributed by atoms with Crippen LogP contribution in [0, 0.1) is 5.92 Å². The van der Waals surface area contributed by atoms with Crippen LogP contribution in [0.1, 0.15) is 27.2 Å².